The molecule has 1 aromatic carbocycles. The molecule has 3 heterocycles. The van der Waals surface area contributed by atoms with Crippen LogP contribution in [0.4, 0.5) is 0 Å². The maximum atomic E-state index is 12.8. The zero-order chi connectivity index (χ0) is 19.9. The highest BCUT2D eigenvalue weighted by Gasteiger charge is 2.44. The number of ether oxygens (including phenoxy) is 1. The van der Waals surface area contributed by atoms with Crippen LogP contribution in [0.15, 0.2) is 18.2 Å². The van der Waals surface area contributed by atoms with Gasteiger partial charge in [-0.25, -0.2) is 0 Å². The average molecular weight is 384 g/mol. The topological polar surface area (TPSA) is 66.9 Å². The highest BCUT2D eigenvalue weighted by molar-refractivity contribution is 6.00. The second-order valence-corrected chi connectivity index (χ2v) is 8.43. The summed E-state index contributed by atoms with van der Waals surface area (Å²) in [5, 5.41) is 0. The third kappa shape index (κ3) is 3.40. The molecule has 150 valence electrons. The molecule has 3 aliphatic rings. The summed E-state index contributed by atoms with van der Waals surface area (Å²) in [5.41, 5.74) is 1.01. The maximum Gasteiger partial charge on any atom is 0.245 e. The normalized spacial score (nSPS) is 26.1. The molecular formula is C22H28N2O4. The summed E-state index contributed by atoms with van der Waals surface area (Å²) in [6, 6.07) is 5.20. The zero-order valence-corrected chi connectivity index (χ0v) is 16.7. The van der Waals surface area contributed by atoms with E-state index < -0.39 is 11.6 Å². The molecule has 3 aliphatic heterocycles. The molecule has 2 fully saturated rings. The number of ketones is 1. The highest BCUT2D eigenvalue weighted by Crippen LogP contribution is 2.40. The summed E-state index contributed by atoms with van der Waals surface area (Å²) < 4.78 is 6.31. The second-order valence-electron chi connectivity index (χ2n) is 8.43. The van der Waals surface area contributed by atoms with Gasteiger partial charge in [0.2, 0.25) is 11.8 Å². The predicted octanol–water partition coefficient (Wildman–Crippen LogP) is 2.72. The van der Waals surface area contributed by atoms with Gasteiger partial charge in [0.25, 0.3) is 0 Å². The van der Waals surface area contributed by atoms with Crippen molar-refractivity contribution in [2.75, 3.05) is 19.6 Å². The molecule has 1 aromatic rings. The van der Waals surface area contributed by atoms with Crippen LogP contribution in [0.25, 0.3) is 0 Å². The van der Waals surface area contributed by atoms with E-state index in [4.69, 9.17) is 4.74 Å². The fourth-order valence-corrected chi connectivity index (χ4v) is 4.68. The summed E-state index contributed by atoms with van der Waals surface area (Å²) in [6.07, 6.45) is 3.72. The van der Waals surface area contributed by atoms with Gasteiger partial charge in [-0.3, -0.25) is 14.4 Å². The molecule has 4 rings (SSSR count). The first-order valence-corrected chi connectivity index (χ1v) is 10.3. The first kappa shape index (κ1) is 19.0. The number of nitrogens with zero attached hydrogens (tertiary/aromatic N) is 2. The molecule has 6 heteroatoms. The van der Waals surface area contributed by atoms with Crippen LogP contribution in [0.1, 0.15) is 61.4 Å². The summed E-state index contributed by atoms with van der Waals surface area (Å²) in [7, 11) is 0. The lowest BCUT2D eigenvalue weighted by Crippen LogP contribution is -2.49. The number of hydrogen-bond donors (Lipinski definition) is 0. The SMILES string of the molecule is Cc1ccc2c(c1)C(=O)C[C@@]1(CCC(=O)N([C@@H](C)C(=O)N3CCCC3)CC1)O2. The zero-order valence-electron chi connectivity index (χ0n) is 16.7. The molecule has 6 nitrogen and oxygen atoms in total. The van der Waals surface area contributed by atoms with Gasteiger partial charge >= 0.3 is 0 Å². The van der Waals surface area contributed by atoms with Crippen molar-refractivity contribution in [1.29, 1.82) is 0 Å². The number of Topliss-reactive ketones (excluding diaryl/α,β-unsaturated/α-hetero) is 1. The van der Waals surface area contributed by atoms with Gasteiger partial charge in [-0.2, -0.15) is 0 Å². The molecule has 0 aromatic heterocycles. The largest absolute Gasteiger partial charge is 0.486 e. The van der Waals surface area contributed by atoms with Gasteiger partial charge in [0.15, 0.2) is 5.78 Å². The highest BCUT2D eigenvalue weighted by atomic mass is 16.5. The van der Waals surface area contributed by atoms with Gasteiger partial charge in [-0.15, -0.1) is 0 Å². The summed E-state index contributed by atoms with van der Waals surface area (Å²) in [4.78, 5) is 41.9. The number of benzene rings is 1. The van der Waals surface area contributed by atoms with Gasteiger partial charge in [0, 0.05) is 32.5 Å². The van der Waals surface area contributed by atoms with Crippen LogP contribution in [0.2, 0.25) is 0 Å². The molecule has 2 atom stereocenters. The Labute approximate surface area is 165 Å². The van der Waals surface area contributed by atoms with E-state index in [9.17, 15) is 14.4 Å². The minimum Gasteiger partial charge on any atom is -0.486 e. The third-order valence-electron chi connectivity index (χ3n) is 6.41. The monoisotopic (exact) mass is 384 g/mol. The Bertz CT molecular complexity index is 815. The number of carbonyl (C=O) groups is 3. The Hall–Kier alpha value is -2.37. The molecule has 0 N–H and O–H groups in total. The first-order chi connectivity index (χ1) is 13.4. The molecule has 28 heavy (non-hydrogen) atoms. The Morgan fingerprint density at radius 2 is 1.89 bits per heavy atom. The van der Waals surface area contributed by atoms with Crippen LogP contribution in [0.5, 0.6) is 5.75 Å². The van der Waals surface area contributed by atoms with E-state index in [-0.39, 0.29) is 17.6 Å². The van der Waals surface area contributed by atoms with Crippen LogP contribution in [0.3, 0.4) is 0 Å². The van der Waals surface area contributed by atoms with Crippen molar-refractivity contribution in [2.45, 2.75) is 64.0 Å². The Balaban J connectivity index is 1.51. The summed E-state index contributed by atoms with van der Waals surface area (Å²) in [6.45, 7) is 5.78. The van der Waals surface area contributed by atoms with Crippen molar-refractivity contribution in [3.05, 3.63) is 29.3 Å². The van der Waals surface area contributed by atoms with Crippen LogP contribution in [-0.4, -0.2) is 58.7 Å². The number of amides is 2. The van der Waals surface area contributed by atoms with E-state index in [0.717, 1.165) is 31.5 Å². The van der Waals surface area contributed by atoms with Gasteiger partial charge in [-0.05, 0) is 45.2 Å². The predicted molar refractivity (Wildman–Crippen MR) is 104 cm³/mol. The van der Waals surface area contributed by atoms with E-state index in [1.165, 1.54) is 0 Å². The van der Waals surface area contributed by atoms with Gasteiger partial charge in [0.1, 0.15) is 17.4 Å². The Kier molecular flexibility index (Phi) is 4.89. The molecule has 2 saturated heterocycles. The summed E-state index contributed by atoms with van der Waals surface area (Å²) in [5.74, 6) is 0.696. The minimum absolute atomic E-state index is 0.0253. The van der Waals surface area contributed by atoms with E-state index in [0.29, 0.717) is 43.5 Å². The average Bonchev–Trinajstić information content (AvgIpc) is 3.16. The van der Waals surface area contributed by atoms with E-state index >= 15 is 0 Å². The first-order valence-electron chi connectivity index (χ1n) is 10.3. The molecule has 0 bridgehead atoms. The van der Waals surface area contributed by atoms with Gasteiger partial charge in [-0.1, -0.05) is 11.6 Å². The van der Waals surface area contributed by atoms with Crippen LogP contribution >= 0.6 is 0 Å². The number of likely N-dealkylation sites (tertiary alicyclic amines) is 2. The smallest absolute Gasteiger partial charge is 0.245 e. The fourth-order valence-electron chi connectivity index (χ4n) is 4.68. The fraction of sp³-hybridized carbons (Fsp3) is 0.591. The molecule has 0 aliphatic carbocycles. The van der Waals surface area contributed by atoms with E-state index in [1.54, 1.807) is 4.90 Å². The van der Waals surface area contributed by atoms with Crippen molar-refractivity contribution in [1.82, 2.24) is 9.80 Å². The maximum absolute atomic E-state index is 12.8. The standard InChI is InChI=1S/C22H28N2O4/c1-15-5-6-19-17(13-15)18(25)14-22(28-19)8-7-20(26)24(12-9-22)16(2)21(27)23-10-3-4-11-23/h5-6,13,16H,3-4,7-12,14H2,1-2H3/t16-,22-/m0/s1. The minimum atomic E-state index is -0.653. The van der Waals surface area contributed by atoms with Crippen molar-refractivity contribution in [3.8, 4) is 5.75 Å². The quantitative estimate of drug-likeness (QED) is 0.786. The van der Waals surface area contributed by atoms with Gasteiger partial charge < -0.3 is 14.5 Å². The molecular weight excluding hydrogens is 356 g/mol. The van der Waals surface area contributed by atoms with Crippen molar-refractivity contribution in [3.63, 3.8) is 0 Å². The number of rotatable bonds is 2. The van der Waals surface area contributed by atoms with E-state index in [2.05, 4.69) is 0 Å². The van der Waals surface area contributed by atoms with Gasteiger partial charge in [0.05, 0.1) is 12.0 Å². The van der Waals surface area contributed by atoms with E-state index in [1.807, 2.05) is 36.9 Å². The number of fused-ring (bicyclic) bond motifs is 1. The molecule has 0 radical (unpaired) electrons. The number of carbonyl (C=O) groups excluding carboxylic acids is 3. The molecule has 1 spiro atoms. The number of hydrogen-bond acceptors (Lipinski definition) is 4. The summed E-state index contributed by atoms with van der Waals surface area (Å²) >= 11 is 0. The lowest BCUT2D eigenvalue weighted by Gasteiger charge is -2.37. The Morgan fingerprint density at radius 1 is 1.14 bits per heavy atom. The van der Waals surface area contributed by atoms with Crippen LogP contribution in [0, 0.1) is 6.92 Å². The van der Waals surface area contributed by atoms with Crippen molar-refractivity contribution < 1.29 is 19.1 Å². The lowest BCUT2D eigenvalue weighted by atomic mass is 9.84. The van der Waals surface area contributed by atoms with Crippen LogP contribution < -0.4 is 4.74 Å². The molecule has 0 unspecified atom stereocenters. The molecule has 0 saturated carbocycles. The Morgan fingerprint density at radius 3 is 2.64 bits per heavy atom. The third-order valence-corrected chi connectivity index (χ3v) is 6.41. The lowest BCUT2D eigenvalue weighted by molar-refractivity contribution is -0.144. The van der Waals surface area contributed by atoms with Crippen molar-refractivity contribution in [2.24, 2.45) is 0 Å². The second kappa shape index (κ2) is 7.22. The number of aryl methyl sites for hydroxylation is 1. The molecule has 2 amide bonds. The van der Waals surface area contributed by atoms with Crippen molar-refractivity contribution >= 4 is 17.6 Å². The van der Waals surface area contributed by atoms with Crippen LogP contribution in [-0.2, 0) is 9.59 Å².